The molecule has 2 rings (SSSR count). The molecule has 0 radical (unpaired) electrons. The molecule has 0 spiro atoms. The van der Waals surface area contributed by atoms with E-state index in [1.165, 1.54) is 6.26 Å². The van der Waals surface area contributed by atoms with Crippen molar-refractivity contribution in [2.45, 2.75) is 36.5 Å². The van der Waals surface area contributed by atoms with Crippen LogP contribution in [0.5, 0.6) is 0 Å². The van der Waals surface area contributed by atoms with Gasteiger partial charge in [-0.05, 0) is 30.7 Å². The summed E-state index contributed by atoms with van der Waals surface area (Å²) in [6, 6.07) is 9.42. The summed E-state index contributed by atoms with van der Waals surface area (Å²) in [7, 11) is -1.51. The molecule has 3 unspecified atom stereocenters. The van der Waals surface area contributed by atoms with Gasteiger partial charge in [-0.25, -0.2) is 8.42 Å². The third-order valence-corrected chi connectivity index (χ3v) is 6.18. The van der Waals surface area contributed by atoms with Crippen LogP contribution in [0.1, 0.15) is 31.2 Å². The second kappa shape index (κ2) is 6.46. The standard InChI is InChI=1S/C16H24O4S/c1-20-12-16(17,13-7-4-3-5-8-13)14-9-6-10-15(11-14)21(2,18)19/h3-5,7-8,14-15,17H,6,9-12H2,1-2H3. The number of hydrogen-bond donors (Lipinski definition) is 1. The molecule has 0 bridgehead atoms. The van der Waals surface area contributed by atoms with Crippen molar-refractivity contribution in [1.82, 2.24) is 0 Å². The van der Waals surface area contributed by atoms with Crippen molar-refractivity contribution in [2.24, 2.45) is 5.92 Å². The van der Waals surface area contributed by atoms with Crippen LogP contribution in [-0.2, 0) is 20.2 Å². The number of ether oxygens (including phenoxy) is 1. The van der Waals surface area contributed by atoms with Crippen LogP contribution in [0.4, 0.5) is 0 Å². The molecular weight excluding hydrogens is 288 g/mol. The number of benzene rings is 1. The van der Waals surface area contributed by atoms with Gasteiger partial charge in [-0.2, -0.15) is 0 Å². The summed E-state index contributed by atoms with van der Waals surface area (Å²) in [6.45, 7) is 0.179. The average molecular weight is 312 g/mol. The maximum Gasteiger partial charge on any atom is 0.150 e. The van der Waals surface area contributed by atoms with E-state index in [9.17, 15) is 13.5 Å². The van der Waals surface area contributed by atoms with E-state index in [-0.39, 0.29) is 17.8 Å². The zero-order valence-electron chi connectivity index (χ0n) is 12.7. The van der Waals surface area contributed by atoms with Crippen LogP contribution in [0.3, 0.4) is 0 Å². The molecule has 0 heterocycles. The summed E-state index contributed by atoms with van der Waals surface area (Å²) in [5.41, 5.74) is -0.328. The molecule has 1 aliphatic carbocycles. The lowest BCUT2D eigenvalue weighted by atomic mass is 9.73. The molecule has 0 aromatic heterocycles. The summed E-state index contributed by atoms with van der Waals surface area (Å²) >= 11 is 0. The fraction of sp³-hybridized carbons (Fsp3) is 0.625. The maximum atomic E-state index is 11.8. The van der Waals surface area contributed by atoms with Crippen LogP contribution in [0, 0.1) is 5.92 Å². The van der Waals surface area contributed by atoms with Gasteiger partial charge in [0.1, 0.15) is 15.4 Å². The van der Waals surface area contributed by atoms with Crippen molar-refractivity contribution >= 4 is 9.84 Å². The predicted octanol–water partition coefficient (Wildman–Crippen LogP) is 2.12. The Bertz CT molecular complexity index is 555. The summed E-state index contributed by atoms with van der Waals surface area (Å²) in [5, 5.41) is 10.8. The van der Waals surface area contributed by atoms with Gasteiger partial charge in [0.05, 0.1) is 11.9 Å². The lowest BCUT2D eigenvalue weighted by Crippen LogP contribution is -2.44. The highest BCUT2D eigenvalue weighted by Crippen LogP contribution is 2.41. The van der Waals surface area contributed by atoms with E-state index in [2.05, 4.69) is 0 Å². The zero-order valence-corrected chi connectivity index (χ0v) is 13.5. The number of sulfone groups is 1. The third-order valence-electron chi connectivity index (χ3n) is 4.55. The molecule has 1 fully saturated rings. The van der Waals surface area contributed by atoms with Gasteiger partial charge in [0.2, 0.25) is 0 Å². The van der Waals surface area contributed by atoms with Gasteiger partial charge in [0.25, 0.3) is 0 Å². The van der Waals surface area contributed by atoms with Gasteiger partial charge < -0.3 is 9.84 Å². The highest BCUT2D eigenvalue weighted by molar-refractivity contribution is 7.91. The normalized spacial score (nSPS) is 26.2. The Morgan fingerprint density at radius 2 is 1.95 bits per heavy atom. The average Bonchev–Trinajstić information content (AvgIpc) is 2.47. The Morgan fingerprint density at radius 3 is 2.52 bits per heavy atom. The Hall–Kier alpha value is -0.910. The summed E-state index contributed by atoms with van der Waals surface area (Å²) in [6.07, 6.45) is 4.11. The molecule has 21 heavy (non-hydrogen) atoms. The molecule has 3 atom stereocenters. The summed E-state index contributed by atoms with van der Waals surface area (Å²) < 4.78 is 28.9. The minimum Gasteiger partial charge on any atom is -0.382 e. The molecular formula is C16H24O4S. The number of methoxy groups -OCH3 is 1. The van der Waals surface area contributed by atoms with Gasteiger partial charge in [-0.3, -0.25) is 0 Å². The van der Waals surface area contributed by atoms with Crippen LogP contribution in [-0.4, -0.2) is 38.7 Å². The number of hydrogen-bond acceptors (Lipinski definition) is 4. The number of aliphatic hydroxyl groups is 1. The van der Waals surface area contributed by atoms with Gasteiger partial charge in [0.15, 0.2) is 0 Å². The molecule has 118 valence electrons. The first-order valence-corrected chi connectivity index (χ1v) is 9.29. The number of rotatable bonds is 5. The van der Waals surface area contributed by atoms with Crippen LogP contribution in [0.2, 0.25) is 0 Å². The van der Waals surface area contributed by atoms with E-state index >= 15 is 0 Å². The Balaban J connectivity index is 2.30. The van der Waals surface area contributed by atoms with E-state index in [1.807, 2.05) is 30.3 Å². The Kier molecular flexibility index (Phi) is 5.07. The third kappa shape index (κ3) is 3.65. The molecule has 1 N–H and O–H groups in total. The minimum absolute atomic E-state index is 0.103. The van der Waals surface area contributed by atoms with Crippen molar-refractivity contribution in [1.29, 1.82) is 0 Å². The van der Waals surface area contributed by atoms with Crippen LogP contribution in [0.25, 0.3) is 0 Å². The molecule has 4 nitrogen and oxygen atoms in total. The molecule has 0 aliphatic heterocycles. The van der Waals surface area contributed by atoms with E-state index in [1.54, 1.807) is 7.11 Å². The molecule has 0 saturated heterocycles. The molecule has 5 heteroatoms. The van der Waals surface area contributed by atoms with Crippen molar-refractivity contribution in [2.75, 3.05) is 20.0 Å². The van der Waals surface area contributed by atoms with Crippen molar-refractivity contribution in [3.05, 3.63) is 35.9 Å². The second-order valence-electron chi connectivity index (χ2n) is 6.04. The SMILES string of the molecule is COCC(O)(c1ccccc1)C1CCCC(S(C)(=O)=O)C1. The van der Waals surface area contributed by atoms with Crippen molar-refractivity contribution in [3.63, 3.8) is 0 Å². The monoisotopic (exact) mass is 312 g/mol. The van der Waals surface area contributed by atoms with Crippen molar-refractivity contribution < 1.29 is 18.3 Å². The lowest BCUT2D eigenvalue weighted by molar-refractivity contribution is -0.0895. The summed E-state index contributed by atoms with van der Waals surface area (Å²) in [4.78, 5) is 0. The highest BCUT2D eigenvalue weighted by atomic mass is 32.2. The first-order chi connectivity index (χ1) is 9.88. The topological polar surface area (TPSA) is 63.6 Å². The Morgan fingerprint density at radius 1 is 1.29 bits per heavy atom. The van der Waals surface area contributed by atoms with Gasteiger partial charge >= 0.3 is 0 Å². The van der Waals surface area contributed by atoms with Gasteiger partial charge in [0, 0.05) is 13.4 Å². The van der Waals surface area contributed by atoms with Crippen molar-refractivity contribution in [3.8, 4) is 0 Å². The lowest BCUT2D eigenvalue weighted by Gasteiger charge is -2.40. The predicted molar refractivity (Wildman–Crippen MR) is 82.8 cm³/mol. The second-order valence-corrected chi connectivity index (χ2v) is 8.36. The fourth-order valence-corrected chi connectivity index (χ4v) is 4.53. The van der Waals surface area contributed by atoms with E-state index < -0.39 is 15.4 Å². The van der Waals surface area contributed by atoms with Gasteiger partial charge in [-0.15, -0.1) is 0 Å². The van der Waals surface area contributed by atoms with E-state index in [0.29, 0.717) is 12.8 Å². The highest BCUT2D eigenvalue weighted by Gasteiger charge is 2.42. The largest absolute Gasteiger partial charge is 0.382 e. The molecule has 1 aliphatic rings. The van der Waals surface area contributed by atoms with Gasteiger partial charge in [-0.1, -0.05) is 36.8 Å². The Labute approximate surface area is 127 Å². The zero-order chi connectivity index (χ0) is 15.5. The van der Waals surface area contributed by atoms with E-state index in [0.717, 1.165) is 18.4 Å². The molecule has 1 saturated carbocycles. The smallest absolute Gasteiger partial charge is 0.150 e. The molecule has 1 aromatic carbocycles. The summed E-state index contributed by atoms with van der Waals surface area (Å²) in [5.74, 6) is -0.103. The first-order valence-electron chi connectivity index (χ1n) is 7.33. The van der Waals surface area contributed by atoms with Crippen LogP contribution >= 0.6 is 0 Å². The molecule has 1 aromatic rings. The fourth-order valence-electron chi connectivity index (χ4n) is 3.35. The maximum absolute atomic E-state index is 11.8. The van der Waals surface area contributed by atoms with Crippen LogP contribution < -0.4 is 0 Å². The molecule has 0 amide bonds. The minimum atomic E-state index is -3.07. The van der Waals surface area contributed by atoms with E-state index in [4.69, 9.17) is 4.74 Å². The first kappa shape index (κ1) is 16.5. The quantitative estimate of drug-likeness (QED) is 0.904. The van der Waals surface area contributed by atoms with Crippen LogP contribution in [0.15, 0.2) is 30.3 Å².